The second-order valence-corrected chi connectivity index (χ2v) is 15.6. The Hall–Kier alpha value is -2.27. The third-order valence-electron chi connectivity index (χ3n) is 6.08. The van der Waals surface area contributed by atoms with Crippen molar-refractivity contribution >= 4 is 14.0 Å². The number of carbonyl (C=O) groups is 1. The van der Waals surface area contributed by atoms with Gasteiger partial charge in [-0.3, -0.25) is 0 Å². The van der Waals surface area contributed by atoms with Crippen LogP contribution in [0.5, 0.6) is 5.75 Å². The summed E-state index contributed by atoms with van der Waals surface area (Å²) in [6.45, 7) is 7.39. The highest BCUT2D eigenvalue weighted by atomic mass is 28.3. The Morgan fingerprint density at radius 1 is 1.06 bits per heavy atom. The summed E-state index contributed by atoms with van der Waals surface area (Å²) in [4.78, 5) is 12.8. The van der Waals surface area contributed by atoms with E-state index < -0.39 is 51.0 Å². The van der Waals surface area contributed by atoms with Gasteiger partial charge in [-0.1, -0.05) is 50.0 Å². The maximum Gasteiger partial charge on any atom is 0.338 e. The van der Waals surface area contributed by atoms with E-state index in [4.69, 9.17) is 28.4 Å². The van der Waals surface area contributed by atoms with E-state index in [2.05, 4.69) is 19.6 Å². The van der Waals surface area contributed by atoms with Crippen LogP contribution in [0.25, 0.3) is 0 Å². The first-order valence-electron chi connectivity index (χ1n) is 11.9. The Bertz CT molecular complexity index is 962. The molecule has 1 N–H and O–H groups in total. The highest BCUT2D eigenvalue weighted by molar-refractivity contribution is 6.76. The molecule has 6 atom stereocenters. The van der Waals surface area contributed by atoms with Crippen molar-refractivity contribution in [3.8, 4) is 5.75 Å². The average molecular weight is 503 g/mol. The van der Waals surface area contributed by atoms with Crippen molar-refractivity contribution in [2.75, 3.05) is 20.3 Å². The number of benzene rings is 2. The molecule has 2 aromatic carbocycles. The van der Waals surface area contributed by atoms with Crippen molar-refractivity contribution in [3.63, 3.8) is 0 Å². The highest BCUT2D eigenvalue weighted by Crippen LogP contribution is 2.36. The fourth-order valence-electron chi connectivity index (χ4n) is 4.00. The molecule has 2 saturated heterocycles. The monoisotopic (exact) mass is 502 g/mol. The topological polar surface area (TPSA) is 92.7 Å². The van der Waals surface area contributed by atoms with Gasteiger partial charge in [0.15, 0.2) is 18.7 Å². The predicted octanol–water partition coefficient (Wildman–Crippen LogP) is 3.78. The van der Waals surface area contributed by atoms with Crippen molar-refractivity contribution in [1.82, 2.24) is 0 Å². The third kappa shape index (κ3) is 6.49. The normalized spacial score (nSPS) is 28.7. The number of ether oxygens (including phenoxy) is 6. The molecule has 2 heterocycles. The number of carbonyl (C=O) groups excluding carboxylic acids is 1. The fourth-order valence-corrected chi connectivity index (χ4v) is 4.73. The fraction of sp³-hybridized carbons (Fsp3) is 0.500. The lowest BCUT2D eigenvalue weighted by molar-refractivity contribution is -0.360. The number of esters is 1. The molecule has 2 aliphatic heterocycles. The second-order valence-electron chi connectivity index (χ2n) is 9.99. The summed E-state index contributed by atoms with van der Waals surface area (Å²) in [7, 11) is 0.237. The minimum atomic E-state index is -1.36. The maximum absolute atomic E-state index is 12.8. The summed E-state index contributed by atoms with van der Waals surface area (Å²) >= 11 is 0. The molecular formula is C26H34O8Si. The van der Waals surface area contributed by atoms with Gasteiger partial charge in [-0.25, -0.2) is 4.79 Å². The summed E-state index contributed by atoms with van der Waals surface area (Å²) in [6, 6.07) is 16.9. The van der Waals surface area contributed by atoms with Gasteiger partial charge in [-0.05, 0) is 30.3 Å². The van der Waals surface area contributed by atoms with Crippen molar-refractivity contribution in [2.45, 2.75) is 62.7 Å². The van der Waals surface area contributed by atoms with Gasteiger partial charge < -0.3 is 33.5 Å². The van der Waals surface area contributed by atoms with E-state index in [-0.39, 0.29) is 6.61 Å². The molecule has 0 saturated carbocycles. The van der Waals surface area contributed by atoms with Gasteiger partial charge in [-0.15, -0.1) is 0 Å². The minimum Gasteiger partial charge on any atom is -0.497 e. The summed E-state index contributed by atoms with van der Waals surface area (Å²) in [5, 5.41) is 11.3. The average Bonchev–Trinajstić information content (AvgIpc) is 2.86. The van der Waals surface area contributed by atoms with Crippen LogP contribution >= 0.6 is 0 Å². The van der Waals surface area contributed by atoms with Crippen LogP contribution in [0.15, 0.2) is 54.6 Å². The molecular weight excluding hydrogens is 468 g/mol. The number of hydrogen-bond donors (Lipinski definition) is 1. The van der Waals surface area contributed by atoms with Crippen LogP contribution in [0.2, 0.25) is 25.7 Å². The first kappa shape index (κ1) is 25.8. The van der Waals surface area contributed by atoms with Crippen molar-refractivity contribution < 1.29 is 38.3 Å². The highest BCUT2D eigenvalue weighted by Gasteiger charge is 2.51. The standard InChI is InChI=1S/C26H34O8Si/c1-29-19-12-10-18(11-13-19)25-31-16-20-22(34-25)21(27)23(26(32-20)30-14-15-35(2,3)4)33-24(28)17-8-6-5-7-9-17/h5-13,20-23,25-27H,14-16H2,1-4H3/t20-,21+,22-,23-,25-,26-/m1/s1. The Labute approximate surface area is 207 Å². The van der Waals surface area contributed by atoms with E-state index in [0.29, 0.717) is 12.2 Å². The summed E-state index contributed by atoms with van der Waals surface area (Å²) in [5.74, 6) is 0.156. The van der Waals surface area contributed by atoms with Gasteiger partial charge in [0, 0.05) is 20.2 Å². The van der Waals surface area contributed by atoms with E-state index in [1.54, 1.807) is 31.4 Å². The first-order valence-corrected chi connectivity index (χ1v) is 15.6. The lowest BCUT2D eigenvalue weighted by Gasteiger charge is -2.47. The number of aliphatic hydroxyl groups is 1. The molecule has 0 aliphatic carbocycles. The van der Waals surface area contributed by atoms with E-state index in [9.17, 15) is 9.90 Å². The smallest absolute Gasteiger partial charge is 0.338 e. The lowest BCUT2D eigenvalue weighted by atomic mass is 9.97. The van der Waals surface area contributed by atoms with Crippen LogP contribution in [0.3, 0.4) is 0 Å². The van der Waals surface area contributed by atoms with Gasteiger partial charge in [0.2, 0.25) is 0 Å². The molecule has 2 fully saturated rings. The van der Waals surface area contributed by atoms with Gasteiger partial charge in [0.1, 0.15) is 24.1 Å². The number of fused-ring (bicyclic) bond motifs is 1. The minimum absolute atomic E-state index is 0.200. The number of hydrogen-bond acceptors (Lipinski definition) is 8. The molecule has 0 aromatic heterocycles. The van der Waals surface area contributed by atoms with E-state index in [1.807, 2.05) is 30.3 Å². The number of rotatable bonds is 8. The molecule has 0 amide bonds. The predicted molar refractivity (Wildman–Crippen MR) is 131 cm³/mol. The van der Waals surface area contributed by atoms with E-state index in [0.717, 1.165) is 17.4 Å². The van der Waals surface area contributed by atoms with Crippen molar-refractivity contribution in [3.05, 3.63) is 65.7 Å². The zero-order valence-corrected chi connectivity index (χ0v) is 21.6. The molecule has 0 unspecified atom stereocenters. The second kappa shape index (κ2) is 11.2. The van der Waals surface area contributed by atoms with Crippen LogP contribution in [-0.2, 0) is 23.7 Å². The Kier molecular flexibility index (Phi) is 8.26. The molecule has 2 aromatic rings. The van der Waals surface area contributed by atoms with Crippen LogP contribution in [-0.4, -0.2) is 70.2 Å². The van der Waals surface area contributed by atoms with Crippen LogP contribution in [0, 0.1) is 0 Å². The molecule has 0 bridgehead atoms. The van der Waals surface area contributed by atoms with Crippen molar-refractivity contribution in [2.24, 2.45) is 0 Å². The van der Waals surface area contributed by atoms with E-state index >= 15 is 0 Å². The Morgan fingerprint density at radius 3 is 2.43 bits per heavy atom. The summed E-state index contributed by atoms with van der Waals surface area (Å²) in [5.41, 5.74) is 1.16. The molecule has 2 aliphatic rings. The third-order valence-corrected chi connectivity index (χ3v) is 7.79. The summed E-state index contributed by atoms with van der Waals surface area (Å²) in [6.07, 6.45) is -5.18. The Morgan fingerprint density at radius 2 is 1.77 bits per heavy atom. The number of aliphatic hydroxyl groups excluding tert-OH is 1. The zero-order chi connectivity index (χ0) is 25.0. The van der Waals surface area contributed by atoms with Crippen molar-refractivity contribution in [1.29, 1.82) is 0 Å². The zero-order valence-electron chi connectivity index (χ0n) is 20.6. The first-order chi connectivity index (χ1) is 16.7. The largest absolute Gasteiger partial charge is 0.497 e. The molecule has 35 heavy (non-hydrogen) atoms. The molecule has 4 rings (SSSR count). The molecule has 0 spiro atoms. The van der Waals surface area contributed by atoms with Crippen LogP contribution in [0.4, 0.5) is 0 Å². The summed E-state index contributed by atoms with van der Waals surface area (Å²) < 4.78 is 35.1. The van der Waals surface area contributed by atoms with Crippen LogP contribution < -0.4 is 4.74 Å². The lowest BCUT2D eigenvalue weighted by Crippen LogP contribution is -2.63. The van der Waals surface area contributed by atoms with Gasteiger partial charge in [0.25, 0.3) is 0 Å². The maximum atomic E-state index is 12.8. The molecule has 190 valence electrons. The molecule has 0 radical (unpaired) electrons. The Balaban J connectivity index is 1.50. The quantitative estimate of drug-likeness (QED) is 0.431. The number of methoxy groups -OCH3 is 1. The van der Waals surface area contributed by atoms with Gasteiger partial charge >= 0.3 is 5.97 Å². The molecule has 8 nitrogen and oxygen atoms in total. The van der Waals surface area contributed by atoms with Gasteiger partial charge in [-0.2, -0.15) is 0 Å². The molecule has 9 heteroatoms. The SMILES string of the molecule is COc1ccc([C@@H]2OC[C@H]3O[C@@H](OCC[Si](C)(C)C)[C@H](OC(=O)c4ccccc4)[C@@H](O)[C@@H]3O2)cc1. The van der Waals surface area contributed by atoms with E-state index in [1.165, 1.54) is 0 Å². The van der Waals surface area contributed by atoms with Crippen LogP contribution in [0.1, 0.15) is 22.2 Å². The van der Waals surface area contributed by atoms with Gasteiger partial charge in [0.05, 0.1) is 19.3 Å².